The van der Waals surface area contributed by atoms with Crippen LogP contribution in [-0.4, -0.2) is 21.6 Å². The smallest absolute Gasteiger partial charge is 0.137 e. The van der Waals surface area contributed by atoms with Gasteiger partial charge in [0.1, 0.15) is 12.1 Å². The summed E-state index contributed by atoms with van der Waals surface area (Å²) in [7, 11) is 0. The van der Waals surface area contributed by atoms with Gasteiger partial charge in [0.2, 0.25) is 0 Å². The molecule has 1 aromatic heterocycles. The van der Waals surface area contributed by atoms with Crippen molar-refractivity contribution < 1.29 is 5.11 Å². The number of nitrogens with one attached hydrogen (secondary N) is 1. The molecule has 0 aliphatic carbocycles. The number of fused-ring (bicyclic) bond motifs is 2. The normalized spacial score (nSPS) is 12.4. The van der Waals surface area contributed by atoms with Gasteiger partial charge in [-0.2, -0.15) is 0 Å². The van der Waals surface area contributed by atoms with Crippen LogP contribution in [0.3, 0.4) is 0 Å². The molecule has 0 saturated heterocycles. The van der Waals surface area contributed by atoms with E-state index in [0.717, 1.165) is 27.7 Å². The van der Waals surface area contributed by atoms with Crippen LogP contribution < -0.4 is 5.32 Å². The van der Waals surface area contributed by atoms with E-state index >= 15 is 0 Å². The monoisotopic (exact) mass is 315 g/mol. The maximum atomic E-state index is 10.5. The summed E-state index contributed by atoms with van der Waals surface area (Å²) in [6.45, 7) is 0.388. The van der Waals surface area contributed by atoms with Crippen LogP contribution >= 0.6 is 0 Å². The Morgan fingerprint density at radius 1 is 0.875 bits per heavy atom. The first-order valence-electron chi connectivity index (χ1n) is 7.92. The van der Waals surface area contributed by atoms with Gasteiger partial charge in [0.15, 0.2) is 0 Å². The summed E-state index contributed by atoms with van der Waals surface area (Å²) in [5.74, 6) is 0.737. The van der Waals surface area contributed by atoms with Crippen LogP contribution in [0.1, 0.15) is 11.7 Å². The Kier molecular flexibility index (Phi) is 3.81. The Morgan fingerprint density at radius 2 is 1.67 bits per heavy atom. The van der Waals surface area contributed by atoms with Crippen LogP contribution in [0.5, 0.6) is 0 Å². The summed E-state index contributed by atoms with van der Waals surface area (Å²) < 4.78 is 0. The molecule has 24 heavy (non-hydrogen) atoms. The zero-order valence-corrected chi connectivity index (χ0v) is 13.1. The van der Waals surface area contributed by atoms with Crippen LogP contribution in [0.25, 0.3) is 21.7 Å². The van der Waals surface area contributed by atoms with Crippen LogP contribution in [0.2, 0.25) is 0 Å². The topological polar surface area (TPSA) is 58.0 Å². The summed E-state index contributed by atoms with van der Waals surface area (Å²) in [6.07, 6.45) is 0.927. The Morgan fingerprint density at radius 3 is 2.58 bits per heavy atom. The quantitative estimate of drug-likeness (QED) is 0.599. The number of aromatic nitrogens is 2. The maximum Gasteiger partial charge on any atom is 0.137 e. The van der Waals surface area contributed by atoms with Crippen LogP contribution in [-0.2, 0) is 0 Å². The molecule has 0 saturated carbocycles. The van der Waals surface area contributed by atoms with E-state index in [2.05, 4.69) is 27.4 Å². The van der Waals surface area contributed by atoms with Crippen molar-refractivity contribution in [3.63, 3.8) is 0 Å². The highest BCUT2D eigenvalue weighted by molar-refractivity contribution is 5.88. The fourth-order valence-electron chi connectivity index (χ4n) is 2.87. The summed E-state index contributed by atoms with van der Waals surface area (Å²) in [4.78, 5) is 8.54. The fraction of sp³-hybridized carbons (Fsp3) is 0.100. The van der Waals surface area contributed by atoms with Gasteiger partial charge in [-0.05, 0) is 34.5 Å². The van der Waals surface area contributed by atoms with Crippen LogP contribution in [0, 0.1) is 0 Å². The zero-order valence-electron chi connectivity index (χ0n) is 13.1. The average Bonchev–Trinajstić information content (AvgIpc) is 2.65. The summed E-state index contributed by atoms with van der Waals surface area (Å²) >= 11 is 0. The number of para-hydroxylation sites is 1. The molecule has 4 aromatic rings. The van der Waals surface area contributed by atoms with Gasteiger partial charge in [-0.25, -0.2) is 9.97 Å². The number of nitrogens with zero attached hydrogens (tertiary/aromatic N) is 2. The molecule has 3 aromatic carbocycles. The summed E-state index contributed by atoms with van der Waals surface area (Å²) in [5.41, 5.74) is 1.77. The molecule has 0 aliphatic rings. The number of aliphatic hydroxyl groups excluding tert-OH is 1. The minimum Gasteiger partial charge on any atom is -0.387 e. The average molecular weight is 315 g/mol. The Hall–Kier alpha value is -2.98. The lowest BCUT2D eigenvalue weighted by molar-refractivity contribution is 0.191. The zero-order chi connectivity index (χ0) is 16.4. The first kappa shape index (κ1) is 14.6. The van der Waals surface area contributed by atoms with E-state index in [4.69, 9.17) is 0 Å². The number of aliphatic hydroxyl groups is 1. The number of hydrogen-bond acceptors (Lipinski definition) is 4. The van der Waals surface area contributed by atoms with Crippen molar-refractivity contribution in [1.82, 2.24) is 9.97 Å². The highest BCUT2D eigenvalue weighted by Gasteiger charge is 2.10. The Balaban J connectivity index is 1.55. The third kappa shape index (κ3) is 2.79. The molecule has 0 radical (unpaired) electrons. The standard InChI is InChI=1S/C20H17N3O/c24-19(16-10-9-14-5-1-2-6-15(14)11-16)12-21-20-17-7-3-4-8-18(17)22-13-23-20/h1-11,13,19,24H,12H2,(H,21,22,23). The van der Waals surface area contributed by atoms with Crippen molar-refractivity contribution in [1.29, 1.82) is 0 Å². The van der Waals surface area contributed by atoms with Gasteiger partial charge in [-0.15, -0.1) is 0 Å². The highest BCUT2D eigenvalue weighted by Crippen LogP contribution is 2.22. The first-order valence-corrected chi connectivity index (χ1v) is 7.92. The molecule has 1 unspecified atom stereocenters. The van der Waals surface area contributed by atoms with E-state index in [0.29, 0.717) is 6.54 Å². The van der Waals surface area contributed by atoms with Crippen molar-refractivity contribution in [2.75, 3.05) is 11.9 Å². The van der Waals surface area contributed by atoms with Crippen LogP contribution in [0.15, 0.2) is 73.1 Å². The molecule has 4 heteroatoms. The number of hydrogen-bond donors (Lipinski definition) is 2. The lowest BCUT2D eigenvalue weighted by Gasteiger charge is -2.14. The van der Waals surface area contributed by atoms with E-state index in [-0.39, 0.29) is 0 Å². The number of rotatable bonds is 4. The van der Waals surface area contributed by atoms with Crippen molar-refractivity contribution in [3.05, 3.63) is 78.6 Å². The van der Waals surface area contributed by atoms with Crippen molar-refractivity contribution in [2.45, 2.75) is 6.10 Å². The molecule has 0 amide bonds. The van der Waals surface area contributed by atoms with Crippen molar-refractivity contribution in [2.24, 2.45) is 0 Å². The van der Waals surface area contributed by atoms with Gasteiger partial charge < -0.3 is 10.4 Å². The molecule has 1 atom stereocenters. The number of benzene rings is 3. The first-order chi connectivity index (χ1) is 11.8. The second-order valence-electron chi connectivity index (χ2n) is 5.74. The molecule has 2 N–H and O–H groups in total. The largest absolute Gasteiger partial charge is 0.387 e. The molecule has 4 rings (SSSR count). The molecular formula is C20H17N3O. The summed E-state index contributed by atoms with van der Waals surface area (Å²) in [5, 5.41) is 17.0. The minimum atomic E-state index is -0.608. The highest BCUT2D eigenvalue weighted by atomic mass is 16.3. The summed E-state index contributed by atoms with van der Waals surface area (Å²) in [6, 6.07) is 22.0. The third-order valence-electron chi connectivity index (χ3n) is 4.16. The van der Waals surface area contributed by atoms with Gasteiger partial charge in [-0.3, -0.25) is 0 Å². The molecule has 1 heterocycles. The van der Waals surface area contributed by atoms with E-state index in [1.807, 2.05) is 54.6 Å². The van der Waals surface area contributed by atoms with Crippen LogP contribution in [0.4, 0.5) is 5.82 Å². The molecule has 0 aliphatic heterocycles. The molecular weight excluding hydrogens is 298 g/mol. The minimum absolute atomic E-state index is 0.388. The molecule has 0 spiro atoms. The van der Waals surface area contributed by atoms with Crippen molar-refractivity contribution in [3.8, 4) is 0 Å². The van der Waals surface area contributed by atoms with Gasteiger partial charge in [0.25, 0.3) is 0 Å². The maximum absolute atomic E-state index is 10.5. The van der Waals surface area contributed by atoms with E-state index < -0.39 is 6.10 Å². The van der Waals surface area contributed by atoms with E-state index in [1.54, 1.807) is 0 Å². The van der Waals surface area contributed by atoms with Gasteiger partial charge in [-0.1, -0.05) is 48.5 Å². The van der Waals surface area contributed by atoms with Crippen molar-refractivity contribution >= 4 is 27.5 Å². The number of anilines is 1. The van der Waals surface area contributed by atoms with E-state index in [9.17, 15) is 5.11 Å². The predicted octanol–water partition coefficient (Wildman–Crippen LogP) is 3.93. The van der Waals surface area contributed by atoms with Gasteiger partial charge in [0.05, 0.1) is 11.6 Å². The van der Waals surface area contributed by atoms with Gasteiger partial charge >= 0.3 is 0 Å². The second-order valence-corrected chi connectivity index (χ2v) is 5.74. The third-order valence-corrected chi connectivity index (χ3v) is 4.16. The molecule has 0 bridgehead atoms. The predicted molar refractivity (Wildman–Crippen MR) is 96.9 cm³/mol. The van der Waals surface area contributed by atoms with Gasteiger partial charge in [0, 0.05) is 11.9 Å². The second kappa shape index (κ2) is 6.26. The SMILES string of the molecule is OC(CNc1ncnc2ccccc12)c1ccc2ccccc2c1. The molecule has 4 nitrogen and oxygen atoms in total. The Labute approximate surface area is 139 Å². The van der Waals surface area contributed by atoms with E-state index in [1.165, 1.54) is 11.7 Å². The lowest BCUT2D eigenvalue weighted by atomic mass is 10.0. The molecule has 118 valence electrons. The lowest BCUT2D eigenvalue weighted by Crippen LogP contribution is -2.13. The molecule has 0 fully saturated rings. The Bertz CT molecular complexity index is 995. The fourth-order valence-corrected chi connectivity index (χ4v) is 2.87.